The summed E-state index contributed by atoms with van der Waals surface area (Å²) in [6, 6.07) is 1.90. The van der Waals surface area contributed by atoms with Crippen molar-refractivity contribution in [3.8, 4) is 5.88 Å². The van der Waals surface area contributed by atoms with E-state index in [4.69, 9.17) is 9.47 Å². The van der Waals surface area contributed by atoms with E-state index >= 15 is 0 Å². The molecule has 0 saturated heterocycles. The van der Waals surface area contributed by atoms with Gasteiger partial charge in [-0.15, -0.1) is 0 Å². The molecule has 0 saturated carbocycles. The fourth-order valence-electron chi connectivity index (χ4n) is 2.60. The van der Waals surface area contributed by atoms with E-state index in [0.29, 0.717) is 41.9 Å². The van der Waals surface area contributed by atoms with E-state index in [1.807, 2.05) is 40.7 Å². The largest absolute Gasteiger partial charge is 0.472 e. The van der Waals surface area contributed by atoms with Crippen LogP contribution in [-0.4, -0.2) is 48.8 Å². The van der Waals surface area contributed by atoms with Crippen molar-refractivity contribution in [2.24, 2.45) is 9.98 Å². The zero-order valence-electron chi connectivity index (χ0n) is 16.9. The molecule has 0 aliphatic carbocycles. The van der Waals surface area contributed by atoms with Gasteiger partial charge < -0.3 is 14.8 Å². The average Bonchev–Trinajstić information content (AvgIpc) is 2.66. The van der Waals surface area contributed by atoms with Gasteiger partial charge in [-0.1, -0.05) is 6.92 Å². The maximum atomic E-state index is 12.6. The Bertz CT molecular complexity index is 796. The molecule has 2 heterocycles. The number of amides is 1. The van der Waals surface area contributed by atoms with E-state index in [-0.39, 0.29) is 12.0 Å². The van der Waals surface area contributed by atoms with Crippen LogP contribution in [0, 0.1) is 6.92 Å². The normalized spacial score (nSPS) is 18.8. The third-order valence-corrected chi connectivity index (χ3v) is 4.17. The Morgan fingerprint density at radius 1 is 1.37 bits per heavy atom. The predicted molar refractivity (Wildman–Crippen MR) is 107 cm³/mol. The fourth-order valence-corrected chi connectivity index (χ4v) is 2.60. The van der Waals surface area contributed by atoms with Gasteiger partial charge in [-0.3, -0.25) is 9.79 Å². The third kappa shape index (κ3) is 5.01. The first-order valence-corrected chi connectivity index (χ1v) is 9.19. The molecule has 146 valence electrons. The minimum absolute atomic E-state index is 0.182. The molecule has 0 spiro atoms. The lowest BCUT2D eigenvalue weighted by atomic mass is 10.1. The smallest absolute Gasteiger partial charge is 0.277 e. The van der Waals surface area contributed by atoms with Crippen molar-refractivity contribution >= 4 is 17.5 Å². The Morgan fingerprint density at radius 2 is 2.11 bits per heavy atom. The number of aliphatic imine (C=N–C) groups is 2. The summed E-state index contributed by atoms with van der Waals surface area (Å²) in [5, 5.41) is 2.82. The van der Waals surface area contributed by atoms with Crippen molar-refractivity contribution in [3.63, 3.8) is 0 Å². The van der Waals surface area contributed by atoms with Crippen LogP contribution < -0.4 is 10.1 Å². The van der Waals surface area contributed by atoms with Crippen molar-refractivity contribution in [2.75, 3.05) is 20.3 Å². The average molecular weight is 372 g/mol. The summed E-state index contributed by atoms with van der Waals surface area (Å²) in [7, 11) is 1.59. The molecule has 0 bridgehead atoms. The van der Waals surface area contributed by atoms with Crippen molar-refractivity contribution < 1.29 is 14.3 Å². The molecule has 27 heavy (non-hydrogen) atoms. The summed E-state index contributed by atoms with van der Waals surface area (Å²) in [6.07, 6.45) is 2.32. The Kier molecular flexibility index (Phi) is 7.24. The van der Waals surface area contributed by atoms with Crippen LogP contribution in [0.5, 0.6) is 5.88 Å². The van der Waals surface area contributed by atoms with Crippen LogP contribution in [0.15, 0.2) is 33.5 Å². The molecule has 1 aliphatic rings. The molecule has 0 fully saturated rings. The highest BCUT2D eigenvalue weighted by atomic mass is 16.5. The maximum Gasteiger partial charge on any atom is 0.277 e. The maximum absolute atomic E-state index is 12.6. The minimum atomic E-state index is -0.278. The number of nitrogens with zero attached hydrogens (tertiary/aromatic N) is 3. The van der Waals surface area contributed by atoms with E-state index < -0.39 is 0 Å². The van der Waals surface area contributed by atoms with Crippen LogP contribution in [0.4, 0.5) is 0 Å². The van der Waals surface area contributed by atoms with Crippen molar-refractivity contribution in [1.29, 1.82) is 0 Å². The highest BCUT2D eigenvalue weighted by molar-refractivity contribution is 6.50. The minimum Gasteiger partial charge on any atom is -0.472 e. The SMILES string of the molecule is CCOCC(C)Oc1ncc(C)cc1C1=N/C(=C(/C)CC)C(=NC)C(=O)N1. The van der Waals surface area contributed by atoms with Crippen LogP contribution >= 0.6 is 0 Å². The molecule has 0 radical (unpaired) electrons. The zero-order valence-corrected chi connectivity index (χ0v) is 16.9. The topological polar surface area (TPSA) is 85.2 Å². The lowest BCUT2D eigenvalue weighted by Crippen LogP contribution is -2.42. The summed E-state index contributed by atoms with van der Waals surface area (Å²) < 4.78 is 11.4. The lowest BCUT2D eigenvalue weighted by Gasteiger charge is -2.21. The second-order valence-electron chi connectivity index (χ2n) is 6.42. The molecule has 1 atom stereocenters. The number of hydrogen-bond donors (Lipinski definition) is 1. The number of aromatic nitrogens is 1. The van der Waals surface area contributed by atoms with Gasteiger partial charge in [-0.25, -0.2) is 9.98 Å². The summed E-state index contributed by atoms with van der Waals surface area (Å²) >= 11 is 0. The predicted octanol–water partition coefficient (Wildman–Crippen LogP) is 2.83. The molecule has 1 aromatic heterocycles. The number of allylic oxidation sites excluding steroid dienone is 1. The van der Waals surface area contributed by atoms with Crippen molar-refractivity contribution in [3.05, 3.63) is 34.7 Å². The number of nitrogens with one attached hydrogen (secondary N) is 1. The number of pyridine rings is 1. The number of rotatable bonds is 7. The Hall–Kier alpha value is -2.54. The molecular weight excluding hydrogens is 344 g/mol. The monoisotopic (exact) mass is 372 g/mol. The van der Waals surface area contributed by atoms with E-state index in [2.05, 4.69) is 20.3 Å². The number of aryl methyl sites for hydroxylation is 1. The summed E-state index contributed by atoms with van der Waals surface area (Å²) in [5.41, 5.74) is 3.53. The van der Waals surface area contributed by atoms with Crippen molar-refractivity contribution in [2.45, 2.75) is 47.1 Å². The van der Waals surface area contributed by atoms with Crippen LogP contribution in [0.3, 0.4) is 0 Å². The first kappa shape index (κ1) is 20.8. The molecule has 1 aliphatic heterocycles. The highest BCUT2D eigenvalue weighted by Crippen LogP contribution is 2.23. The van der Waals surface area contributed by atoms with Gasteiger partial charge in [0.15, 0.2) is 0 Å². The molecule has 1 unspecified atom stereocenters. The number of hydrogen-bond acceptors (Lipinski definition) is 6. The third-order valence-electron chi connectivity index (χ3n) is 4.17. The Morgan fingerprint density at radius 3 is 2.74 bits per heavy atom. The molecule has 1 amide bonds. The van der Waals surface area contributed by atoms with Gasteiger partial charge in [0.05, 0.1) is 17.9 Å². The van der Waals surface area contributed by atoms with E-state index in [0.717, 1.165) is 17.6 Å². The molecule has 7 nitrogen and oxygen atoms in total. The summed E-state index contributed by atoms with van der Waals surface area (Å²) in [5.74, 6) is 0.558. The molecule has 1 aromatic rings. The fraction of sp³-hybridized carbons (Fsp3) is 0.500. The van der Waals surface area contributed by atoms with E-state index in [1.165, 1.54) is 0 Å². The van der Waals surface area contributed by atoms with Crippen LogP contribution in [0.2, 0.25) is 0 Å². The van der Waals surface area contributed by atoms with Gasteiger partial charge in [0, 0.05) is 19.9 Å². The lowest BCUT2D eigenvalue weighted by molar-refractivity contribution is -0.113. The number of carbonyl (C=O) groups excluding carboxylic acids is 1. The standard InChI is InChI=1S/C20H28N4O3/c1-7-13(4)16-17(21-6)19(25)24-18(23-16)15-9-12(3)10-22-20(15)27-14(5)11-26-8-2/h9-10,14H,7-8,11H2,1-6H3,(H,23,24,25)/b16-13-,21-17?. The second-order valence-corrected chi connectivity index (χ2v) is 6.42. The molecular formula is C20H28N4O3. The summed E-state index contributed by atoms with van der Waals surface area (Å²) in [6.45, 7) is 10.8. The van der Waals surface area contributed by atoms with Gasteiger partial charge in [0.25, 0.3) is 5.91 Å². The molecule has 7 heteroatoms. The van der Waals surface area contributed by atoms with E-state index in [9.17, 15) is 4.79 Å². The summed E-state index contributed by atoms with van der Waals surface area (Å²) in [4.78, 5) is 25.7. The van der Waals surface area contributed by atoms with Crippen LogP contribution in [0.25, 0.3) is 0 Å². The number of carbonyl (C=O) groups is 1. The van der Waals surface area contributed by atoms with Gasteiger partial charge >= 0.3 is 0 Å². The molecule has 2 rings (SSSR count). The zero-order chi connectivity index (χ0) is 20.0. The quantitative estimate of drug-likeness (QED) is 0.797. The van der Waals surface area contributed by atoms with Gasteiger partial charge in [-0.05, 0) is 51.3 Å². The second kappa shape index (κ2) is 9.41. The van der Waals surface area contributed by atoms with Gasteiger partial charge in [0.1, 0.15) is 17.7 Å². The highest BCUT2D eigenvalue weighted by Gasteiger charge is 2.27. The van der Waals surface area contributed by atoms with Crippen LogP contribution in [-0.2, 0) is 9.53 Å². The van der Waals surface area contributed by atoms with E-state index in [1.54, 1.807) is 13.2 Å². The van der Waals surface area contributed by atoms with Gasteiger partial charge in [-0.2, -0.15) is 0 Å². The molecule has 0 aromatic carbocycles. The van der Waals surface area contributed by atoms with Crippen molar-refractivity contribution in [1.82, 2.24) is 10.3 Å². The first-order valence-electron chi connectivity index (χ1n) is 9.19. The Labute approximate surface area is 160 Å². The Balaban J connectivity index is 2.48. The number of amidine groups is 1. The molecule has 1 N–H and O–H groups in total. The van der Waals surface area contributed by atoms with Crippen LogP contribution in [0.1, 0.15) is 45.2 Å². The number of ether oxygens (including phenoxy) is 2. The van der Waals surface area contributed by atoms with Gasteiger partial charge in [0.2, 0.25) is 5.88 Å². The first-order chi connectivity index (χ1) is 12.9.